The highest BCUT2D eigenvalue weighted by molar-refractivity contribution is 5.84. The third kappa shape index (κ3) is 3.19. The zero-order valence-corrected chi connectivity index (χ0v) is 16.3. The maximum Gasteiger partial charge on any atom is 0.407 e. The number of carboxylic acid groups (broad SMARTS) is 1. The molecule has 29 heavy (non-hydrogen) atoms. The summed E-state index contributed by atoms with van der Waals surface area (Å²) in [4.78, 5) is 28.2. The first-order valence-corrected chi connectivity index (χ1v) is 9.90. The normalized spacial score (nSPS) is 19.4. The van der Waals surface area contributed by atoms with Gasteiger partial charge in [-0.3, -0.25) is 0 Å². The molecular weight excluding hydrogens is 370 g/mol. The van der Waals surface area contributed by atoms with Crippen molar-refractivity contribution in [3.63, 3.8) is 0 Å². The monoisotopic (exact) mass is 393 g/mol. The Hall–Kier alpha value is -3.13. The Kier molecular flexibility index (Phi) is 4.35. The molecular formula is C21H23N5O3. The molecule has 2 aliphatic rings. The number of aromatic amines is 1. The highest BCUT2D eigenvalue weighted by atomic mass is 16.5. The average Bonchev–Trinajstić information content (AvgIpc) is 3.21. The van der Waals surface area contributed by atoms with E-state index in [0.717, 1.165) is 40.1 Å². The van der Waals surface area contributed by atoms with E-state index in [1.54, 1.807) is 0 Å². The van der Waals surface area contributed by atoms with Crippen LogP contribution in [-0.4, -0.2) is 63.4 Å². The molecule has 1 saturated heterocycles. The van der Waals surface area contributed by atoms with Crippen molar-refractivity contribution in [3.8, 4) is 11.4 Å². The van der Waals surface area contributed by atoms with Gasteiger partial charge in [-0.15, -0.1) is 0 Å². The number of H-pyrrole nitrogens is 1. The Morgan fingerprint density at radius 3 is 3.00 bits per heavy atom. The number of fused-ring (bicyclic) bond motifs is 2. The molecule has 0 radical (unpaired) electrons. The number of amides is 1. The number of ether oxygens (including phenoxy) is 1. The molecule has 4 heterocycles. The van der Waals surface area contributed by atoms with E-state index in [9.17, 15) is 9.90 Å². The Morgan fingerprint density at radius 2 is 2.17 bits per heavy atom. The van der Waals surface area contributed by atoms with E-state index in [0.29, 0.717) is 32.0 Å². The molecule has 0 saturated carbocycles. The number of benzene rings is 1. The van der Waals surface area contributed by atoms with Gasteiger partial charge in [0, 0.05) is 41.3 Å². The van der Waals surface area contributed by atoms with Crippen LogP contribution in [0.4, 0.5) is 10.6 Å². The number of hydrogen-bond donors (Lipinski definition) is 2. The Balaban J connectivity index is 1.64. The van der Waals surface area contributed by atoms with Crippen LogP contribution in [0.15, 0.2) is 30.5 Å². The number of nitrogens with zero attached hydrogens (tertiary/aromatic N) is 4. The van der Waals surface area contributed by atoms with Crippen LogP contribution in [0, 0.1) is 0 Å². The van der Waals surface area contributed by atoms with Gasteiger partial charge in [0.15, 0.2) is 5.82 Å². The fourth-order valence-electron chi connectivity index (χ4n) is 4.17. The summed E-state index contributed by atoms with van der Waals surface area (Å²) in [6, 6.07) is 8.32. The lowest BCUT2D eigenvalue weighted by Gasteiger charge is -2.37. The predicted octanol–water partition coefficient (Wildman–Crippen LogP) is 2.89. The SMILES string of the molecule is CC1COCCN1c1nc(-c2ccc3[nH]ccc3c2)nc2c1CCN(C(=O)O)C2. The van der Waals surface area contributed by atoms with E-state index in [2.05, 4.69) is 22.9 Å². The van der Waals surface area contributed by atoms with Crippen molar-refractivity contribution in [2.75, 3.05) is 31.2 Å². The van der Waals surface area contributed by atoms with Gasteiger partial charge in [-0.1, -0.05) is 0 Å². The van der Waals surface area contributed by atoms with Gasteiger partial charge in [-0.25, -0.2) is 14.8 Å². The van der Waals surface area contributed by atoms with Gasteiger partial charge in [-0.05, 0) is 37.6 Å². The van der Waals surface area contributed by atoms with Gasteiger partial charge in [0.05, 0.1) is 31.5 Å². The van der Waals surface area contributed by atoms with Gasteiger partial charge in [0.25, 0.3) is 0 Å². The van der Waals surface area contributed by atoms with Crippen LogP contribution in [0.3, 0.4) is 0 Å². The first kappa shape index (κ1) is 17.9. The predicted molar refractivity (Wildman–Crippen MR) is 109 cm³/mol. The van der Waals surface area contributed by atoms with Crippen LogP contribution in [0.1, 0.15) is 18.2 Å². The number of aromatic nitrogens is 3. The fraction of sp³-hybridized carbons (Fsp3) is 0.381. The van der Waals surface area contributed by atoms with E-state index in [1.807, 2.05) is 24.4 Å². The molecule has 0 spiro atoms. The van der Waals surface area contributed by atoms with E-state index >= 15 is 0 Å². The second-order valence-electron chi connectivity index (χ2n) is 7.65. The van der Waals surface area contributed by atoms with E-state index in [-0.39, 0.29) is 12.6 Å². The number of nitrogens with one attached hydrogen (secondary N) is 1. The standard InChI is InChI=1S/C21H23N5O3/c1-13-12-29-9-8-26(13)20-16-5-7-25(21(27)28)11-18(16)23-19(24-20)15-2-3-17-14(10-15)4-6-22-17/h2-4,6,10,13,22H,5,7-9,11-12H2,1H3,(H,27,28). The summed E-state index contributed by atoms with van der Waals surface area (Å²) in [6.45, 7) is 4.97. The summed E-state index contributed by atoms with van der Waals surface area (Å²) in [5.74, 6) is 1.55. The summed E-state index contributed by atoms with van der Waals surface area (Å²) >= 11 is 0. The highest BCUT2D eigenvalue weighted by Crippen LogP contribution is 2.32. The molecule has 8 heteroatoms. The first-order chi connectivity index (χ1) is 14.1. The molecule has 0 bridgehead atoms. The zero-order chi connectivity index (χ0) is 20.0. The second kappa shape index (κ2) is 7.04. The van der Waals surface area contributed by atoms with Crippen LogP contribution in [-0.2, 0) is 17.7 Å². The molecule has 1 aromatic carbocycles. The number of hydrogen-bond acceptors (Lipinski definition) is 5. The minimum atomic E-state index is -0.911. The van der Waals surface area contributed by atoms with Crippen molar-refractivity contribution in [3.05, 3.63) is 41.7 Å². The third-order valence-electron chi connectivity index (χ3n) is 5.76. The minimum Gasteiger partial charge on any atom is -0.465 e. The van der Waals surface area contributed by atoms with Crippen molar-refractivity contribution in [2.24, 2.45) is 0 Å². The maximum atomic E-state index is 11.5. The number of carbonyl (C=O) groups is 1. The molecule has 1 fully saturated rings. The summed E-state index contributed by atoms with van der Waals surface area (Å²) in [5.41, 5.74) is 3.84. The zero-order valence-electron chi connectivity index (χ0n) is 16.3. The van der Waals surface area contributed by atoms with E-state index in [4.69, 9.17) is 14.7 Å². The van der Waals surface area contributed by atoms with E-state index < -0.39 is 6.09 Å². The summed E-state index contributed by atoms with van der Waals surface area (Å²) in [6.07, 6.45) is 1.62. The topological polar surface area (TPSA) is 94.6 Å². The van der Waals surface area contributed by atoms with Crippen LogP contribution >= 0.6 is 0 Å². The van der Waals surface area contributed by atoms with Gasteiger partial charge in [-0.2, -0.15) is 0 Å². The van der Waals surface area contributed by atoms with Crippen LogP contribution < -0.4 is 4.90 Å². The van der Waals surface area contributed by atoms with Crippen LogP contribution in [0.5, 0.6) is 0 Å². The summed E-state index contributed by atoms with van der Waals surface area (Å²) < 4.78 is 5.61. The fourth-order valence-corrected chi connectivity index (χ4v) is 4.17. The molecule has 2 aliphatic heterocycles. The molecule has 1 amide bonds. The quantitative estimate of drug-likeness (QED) is 0.695. The lowest BCUT2D eigenvalue weighted by atomic mass is 10.0. The average molecular weight is 393 g/mol. The lowest BCUT2D eigenvalue weighted by molar-refractivity contribution is 0.0983. The van der Waals surface area contributed by atoms with Crippen molar-refractivity contribution in [2.45, 2.75) is 25.9 Å². The Bertz CT molecular complexity index is 1080. The van der Waals surface area contributed by atoms with Crippen LogP contribution in [0.2, 0.25) is 0 Å². The third-order valence-corrected chi connectivity index (χ3v) is 5.76. The highest BCUT2D eigenvalue weighted by Gasteiger charge is 2.30. The molecule has 1 atom stereocenters. The van der Waals surface area contributed by atoms with Crippen LogP contribution in [0.25, 0.3) is 22.3 Å². The number of anilines is 1. The van der Waals surface area contributed by atoms with E-state index in [1.165, 1.54) is 4.90 Å². The van der Waals surface area contributed by atoms with Crippen molar-refractivity contribution in [1.29, 1.82) is 0 Å². The number of rotatable bonds is 2. The Labute approximate surface area is 168 Å². The molecule has 3 aromatic rings. The molecule has 5 rings (SSSR count). The largest absolute Gasteiger partial charge is 0.465 e. The molecule has 150 valence electrons. The molecule has 2 aromatic heterocycles. The summed E-state index contributed by atoms with van der Waals surface area (Å²) in [5, 5.41) is 10.6. The molecule has 1 unspecified atom stereocenters. The van der Waals surface area contributed by atoms with Gasteiger partial charge >= 0.3 is 6.09 Å². The first-order valence-electron chi connectivity index (χ1n) is 9.90. The van der Waals surface area contributed by atoms with Gasteiger partial charge < -0.3 is 24.6 Å². The van der Waals surface area contributed by atoms with Gasteiger partial charge in [0.2, 0.25) is 0 Å². The van der Waals surface area contributed by atoms with Gasteiger partial charge in [0.1, 0.15) is 5.82 Å². The maximum absolute atomic E-state index is 11.5. The second-order valence-corrected chi connectivity index (χ2v) is 7.65. The molecule has 8 nitrogen and oxygen atoms in total. The molecule has 0 aliphatic carbocycles. The van der Waals surface area contributed by atoms with Crippen molar-refractivity contribution in [1.82, 2.24) is 19.9 Å². The van der Waals surface area contributed by atoms with Crippen molar-refractivity contribution >= 4 is 22.8 Å². The van der Waals surface area contributed by atoms with Crippen molar-refractivity contribution < 1.29 is 14.6 Å². The lowest BCUT2D eigenvalue weighted by Crippen LogP contribution is -2.45. The smallest absolute Gasteiger partial charge is 0.407 e. The Morgan fingerprint density at radius 1 is 1.28 bits per heavy atom. The summed E-state index contributed by atoms with van der Waals surface area (Å²) in [7, 11) is 0. The molecule has 2 N–H and O–H groups in total. The number of morpholine rings is 1. The minimum absolute atomic E-state index is 0.209.